The zero-order chi connectivity index (χ0) is 10.1. The summed E-state index contributed by atoms with van der Waals surface area (Å²) < 4.78 is 0. The third kappa shape index (κ3) is 1.70. The largest absolute Gasteiger partial charge is 0.387 e. The lowest BCUT2D eigenvalue weighted by Gasteiger charge is -2.38. The Morgan fingerprint density at radius 1 is 1.62 bits per heavy atom. The van der Waals surface area contributed by atoms with Gasteiger partial charge in [0.15, 0.2) is 0 Å². The third-order valence-electron chi connectivity index (χ3n) is 3.36. The number of carbonyl (C=O) groups is 1. The van der Waals surface area contributed by atoms with Crippen LogP contribution in [0.1, 0.15) is 33.6 Å². The van der Waals surface area contributed by atoms with Crippen molar-refractivity contribution in [3.05, 3.63) is 0 Å². The molecule has 3 heteroatoms. The first-order chi connectivity index (χ1) is 6.02. The Morgan fingerprint density at radius 3 is 2.69 bits per heavy atom. The SMILES string of the molecule is CC(C)C1(C)CCCN1C(=O)CO. The number of hydrogen-bond acceptors (Lipinski definition) is 2. The second-order valence-electron chi connectivity index (χ2n) is 4.32. The van der Waals surface area contributed by atoms with Gasteiger partial charge in [-0.2, -0.15) is 0 Å². The summed E-state index contributed by atoms with van der Waals surface area (Å²) in [4.78, 5) is 13.2. The highest BCUT2D eigenvalue weighted by Gasteiger charge is 2.41. The Morgan fingerprint density at radius 2 is 2.23 bits per heavy atom. The smallest absolute Gasteiger partial charge is 0.248 e. The van der Waals surface area contributed by atoms with E-state index in [4.69, 9.17) is 5.11 Å². The molecule has 0 spiro atoms. The summed E-state index contributed by atoms with van der Waals surface area (Å²) in [5.41, 5.74) is -0.0419. The molecule has 1 unspecified atom stereocenters. The summed E-state index contributed by atoms with van der Waals surface area (Å²) in [5, 5.41) is 8.82. The number of carbonyl (C=O) groups excluding carboxylic acids is 1. The number of rotatable bonds is 2. The first-order valence-corrected chi connectivity index (χ1v) is 4.93. The summed E-state index contributed by atoms with van der Waals surface area (Å²) in [5.74, 6) is 0.319. The highest BCUT2D eigenvalue weighted by Crippen LogP contribution is 2.35. The van der Waals surface area contributed by atoms with E-state index in [-0.39, 0.29) is 18.1 Å². The molecule has 1 aliphatic rings. The maximum Gasteiger partial charge on any atom is 0.248 e. The van der Waals surface area contributed by atoms with Gasteiger partial charge in [-0.25, -0.2) is 0 Å². The van der Waals surface area contributed by atoms with E-state index >= 15 is 0 Å². The van der Waals surface area contributed by atoms with Crippen LogP contribution in [0.2, 0.25) is 0 Å². The number of nitrogens with zero attached hydrogens (tertiary/aromatic N) is 1. The summed E-state index contributed by atoms with van der Waals surface area (Å²) in [6, 6.07) is 0. The van der Waals surface area contributed by atoms with Crippen molar-refractivity contribution in [2.75, 3.05) is 13.2 Å². The second kappa shape index (κ2) is 3.66. The molecule has 3 nitrogen and oxygen atoms in total. The number of aliphatic hydroxyl groups is 1. The van der Waals surface area contributed by atoms with Crippen molar-refractivity contribution in [3.8, 4) is 0 Å². The van der Waals surface area contributed by atoms with Crippen LogP contribution < -0.4 is 0 Å². The third-order valence-corrected chi connectivity index (χ3v) is 3.36. The minimum absolute atomic E-state index is 0.0419. The first kappa shape index (κ1) is 10.5. The lowest BCUT2D eigenvalue weighted by molar-refractivity contribution is -0.139. The van der Waals surface area contributed by atoms with Crippen LogP contribution in [0.3, 0.4) is 0 Å². The van der Waals surface area contributed by atoms with Crippen LogP contribution in [0.5, 0.6) is 0 Å². The summed E-state index contributed by atoms with van der Waals surface area (Å²) >= 11 is 0. The Labute approximate surface area is 79.7 Å². The zero-order valence-electron chi connectivity index (χ0n) is 8.71. The van der Waals surface area contributed by atoms with Crippen LogP contribution in [0.15, 0.2) is 0 Å². The lowest BCUT2D eigenvalue weighted by atomic mass is 9.86. The minimum Gasteiger partial charge on any atom is -0.387 e. The summed E-state index contributed by atoms with van der Waals surface area (Å²) in [7, 11) is 0. The van der Waals surface area contributed by atoms with Gasteiger partial charge < -0.3 is 10.0 Å². The normalized spacial score (nSPS) is 28.5. The number of likely N-dealkylation sites (tertiary alicyclic amines) is 1. The van der Waals surface area contributed by atoms with Gasteiger partial charge in [0.1, 0.15) is 6.61 Å². The fourth-order valence-corrected chi connectivity index (χ4v) is 2.08. The Bertz CT molecular complexity index is 203. The average Bonchev–Trinajstić information content (AvgIpc) is 2.47. The maximum absolute atomic E-state index is 11.4. The van der Waals surface area contributed by atoms with Crippen molar-refractivity contribution in [1.82, 2.24) is 4.90 Å². The van der Waals surface area contributed by atoms with Gasteiger partial charge in [-0.1, -0.05) is 13.8 Å². The van der Waals surface area contributed by atoms with Crippen molar-refractivity contribution in [2.45, 2.75) is 39.2 Å². The van der Waals surface area contributed by atoms with Crippen LogP contribution in [0.25, 0.3) is 0 Å². The Kier molecular flexibility index (Phi) is 2.96. The maximum atomic E-state index is 11.4. The molecule has 13 heavy (non-hydrogen) atoms. The Hall–Kier alpha value is -0.570. The molecule has 0 aromatic heterocycles. The van der Waals surface area contributed by atoms with E-state index < -0.39 is 0 Å². The van der Waals surface area contributed by atoms with Gasteiger partial charge in [0.05, 0.1) is 0 Å². The van der Waals surface area contributed by atoms with Crippen LogP contribution in [-0.4, -0.2) is 34.6 Å². The molecule has 76 valence electrons. The van der Waals surface area contributed by atoms with Crippen LogP contribution in [0, 0.1) is 5.92 Å². The average molecular weight is 185 g/mol. The fraction of sp³-hybridized carbons (Fsp3) is 0.900. The molecule has 1 amide bonds. The standard InChI is InChI=1S/C10H19NO2/c1-8(2)10(3)5-4-6-11(10)9(13)7-12/h8,12H,4-7H2,1-3H3. The molecule has 0 bridgehead atoms. The van der Waals surface area contributed by atoms with Crippen LogP contribution in [0.4, 0.5) is 0 Å². The van der Waals surface area contributed by atoms with E-state index in [0.717, 1.165) is 19.4 Å². The van der Waals surface area contributed by atoms with E-state index in [1.54, 1.807) is 0 Å². The van der Waals surface area contributed by atoms with Gasteiger partial charge in [0, 0.05) is 12.1 Å². The molecule has 1 fully saturated rings. The number of amides is 1. The molecule has 0 aromatic carbocycles. The van der Waals surface area contributed by atoms with Crippen molar-refractivity contribution in [1.29, 1.82) is 0 Å². The monoisotopic (exact) mass is 185 g/mol. The molecule has 1 saturated heterocycles. The van der Waals surface area contributed by atoms with Gasteiger partial charge in [-0.15, -0.1) is 0 Å². The molecular weight excluding hydrogens is 166 g/mol. The molecule has 1 rings (SSSR count). The molecule has 1 N–H and O–H groups in total. The van der Waals surface area contributed by atoms with E-state index in [2.05, 4.69) is 20.8 Å². The predicted octanol–water partition coefficient (Wildman–Crippen LogP) is 1.02. The summed E-state index contributed by atoms with van der Waals surface area (Å²) in [6.45, 7) is 6.81. The Balaban J connectivity index is 2.79. The number of hydrogen-bond donors (Lipinski definition) is 1. The molecule has 0 radical (unpaired) electrons. The van der Waals surface area contributed by atoms with Gasteiger partial charge in [-0.3, -0.25) is 4.79 Å². The summed E-state index contributed by atoms with van der Waals surface area (Å²) in [6.07, 6.45) is 2.11. The van der Waals surface area contributed by atoms with Gasteiger partial charge in [-0.05, 0) is 25.7 Å². The topological polar surface area (TPSA) is 40.5 Å². The number of aliphatic hydroxyl groups excluding tert-OH is 1. The van der Waals surface area contributed by atoms with Gasteiger partial charge in [0.25, 0.3) is 0 Å². The minimum atomic E-state index is -0.359. The molecule has 0 aliphatic carbocycles. The highest BCUT2D eigenvalue weighted by atomic mass is 16.3. The van der Waals surface area contributed by atoms with Gasteiger partial charge in [0.2, 0.25) is 5.91 Å². The molecule has 0 aromatic rings. The van der Waals surface area contributed by atoms with Crippen LogP contribution in [-0.2, 0) is 4.79 Å². The molecule has 1 heterocycles. The van der Waals surface area contributed by atoms with E-state index in [1.165, 1.54) is 0 Å². The fourth-order valence-electron chi connectivity index (χ4n) is 2.08. The second-order valence-corrected chi connectivity index (χ2v) is 4.32. The van der Waals surface area contributed by atoms with Crippen LogP contribution >= 0.6 is 0 Å². The van der Waals surface area contributed by atoms with Crippen molar-refractivity contribution in [2.24, 2.45) is 5.92 Å². The lowest BCUT2D eigenvalue weighted by Crippen LogP contribution is -2.49. The van der Waals surface area contributed by atoms with E-state index in [1.807, 2.05) is 4.90 Å². The molecule has 1 atom stereocenters. The first-order valence-electron chi connectivity index (χ1n) is 4.93. The van der Waals surface area contributed by atoms with Crippen molar-refractivity contribution < 1.29 is 9.90 Å². The van der Waals surface area contributed by atoms with Crippen molar-refractivity contribution >= 4 is 5.91 Å². The van der Waals surface area contributed by atoms with Gasteiger partial charge >= 0.3 is 0 Å². The van der Waals surface area contributed by atoms with E-state index in [0.29, 0.717) is 5.92 Å². The van der Waals surface area contributed by atoms with E-state index in [9.17, 15) is 4.79 Å². The van der Waals surface area contributed by atoms with Crippen molar-refractivity contribution in [3.63, 3.8) is 0 Å². The predicted molar refractivity (Wildman–Crippen MR) is 51.3 cm³/mol. The molecular formula is C10H19NO2. The molecule has 0 saturated carbocycles. The molecule has 1 aliphatic heterocycles. The quantitative estimate of drug-likeness (QED) is 0.697. The zero-order valence-corrected chi connectivity index (χ0v) is 8.71. The highest BCUT2D eigenvalue weighted by molar-refractivity contribution is 5.78.